The van der Waals surface area contributed by atoms with Crippen LogP contribution in [0, 0.1) is 5.82 Å². The van der Waals surface area contributed by atoms with Crippen LogP contribution in [0.2, 0.25) is 0 Å². The van der Waals surface area contributed by atoms with E-state index in [2.05, 4.69) is 5.32 Å². The van der Waals surface area contributed by atoms with Crippen LogP contribution in [-0.2, 0) is 9.53 Å². The van der Waals surface area contributed by atoms with Crippen LogP contribution in [0.25, 0.3) is 0 Å². The van der Waals surface area contributed by atoms with E-state index in [0.29, 0.717) is 17.2 Å². The Morgan fingerprint density at radius 3 is 2.23 bits per heavy atom. The predicted octanol–water partition coefficient (Wildman–Crippen LogP) is 2.65. The van der Waals surface area contributed by atoms with Crippen molar-refractivity contribution in [3.05, 3.63) is 47.8 Å². The Balaban J connectivity index is 1.97. The van der Waals surface area contributed by atoms with Crippen molar-refractivity contribution in [2.24, 2.45) is 0 Å². The SMILES string of the molecule is COc1ccc(C(=O)OCC(=O)Nc2ccc(OC)cc2OC)c(F)c1. The van der Waals surface area contributed by atoms with Gasteiger partial charge in [-0.05, 0) is 24.3 Å². The summed E-state index contributed by atoms with van der Waals surface area (Å²) < 4.78 is 33.7. The van der Waals surface area contributed by atoms with Gasteiger partial charge in [-0.15, -0.1) is 0 Å². The Hall–Kier alpha value is -3.29. The van der Waals surface area contributed by atoms with E-state index in [-0.39, 0.29) is 11.3 Å². The lowest BCUT2D eigenvalue weighted by atomic mass is 10.2. The first kappa shape index (κ1) is 19.0. The first-order valence-corrected chi connectivity index (χ1v) is 7.51. The van der Waals surface area contributed by atoms with Crippen molar-refractivity contribution in [2.75, 3.05) is 33.3 Å². The monoisotopic (exact) mass is 363 g/mol. The topological polar surface area (TPSA) is 83.1 Å². The van der Waals surface area contributed by atoms with Crippen LogP contribution in [0.3, 0.4) is 0 Å². The molecule has 2 aromatic rings. The zero-order chi connectivity index (χ0) is 19.1. The third kappa shape index (κ3) is 4.62. The molecule has 0 heterocycles. The predicted molar refractivity (Wildman–Crippen MR) is 91.4 cm³/mol. The number of carbonyl (C=O) groups is 2. The number of hydrogen-bond donors (Lipinski definition) is 1. The molecule has 138 valence electrons. The standard InChI is InChI=1S/C18H18FNO6/c1-23-11-4-6-13(14(19)8-11)18(22)26-10-17(21)20-15-7-5-12(24-2)9-16(15)25-3/h4-9H,10H2,1-3H3,(H,20,21). The number of methoxy groups -OCH3 is 3. The normalized spacial score (nSPS) is 10.0. The molecule has 0 fully saturated rings. The van der Waals surface area contributed by atoms with Gasteiger partial charge in [0.1, 0.15) is 23.1 Å². The van der Waals surface area contributed by atoms with Crippen molar-refractivity contribution < 1.29 is 32.9 Å². The smallest absolute Gasteiger partial charge is 0.341 e. The molecule has 0 aromatic heterocycles. The van der Waals surface area contributed by atoms with Gasteiger partial charge in [0.2, 0.25) is 0 Å². The molecule has 0 atom stereocenters. The van der Waals surface area contributed by atoms with E-state index in [1.165, 1.54) is 33.5 Å². The largest absolute Gasteiger partial charge is 0.497 e. The zero-order valence-electron chi connectivity index (χ0n) is 14.5. The summed E-state index contributed by atoms with van der Waals surface area (Å²) in [4.78, 5) is 23.9. The second-order valence-corrected chi connectivity index (χ2v) is 5.04. The molecule has 26 heavy (non-hydrogen) atoms. The molecule has 0 saturated heterocycles. The van der Waals surface area contributed by atoms with E-state index in [1.54, 1.807) is 18.2 Å². The molecule has 1 amide bonds. The number of carbonyl (C=O) groups excluding carboxylic acids is 2. The Morgan fingerprint density at radius 1 is 0.962 bits per heavy atom. The minimum Gasteiger partial charge on any atom is -0.497 e. The highest BCUT2D eigenvalue weighted by Crippen LogP contribution is 2.28. The van der Waals surface area contributed by atoms with Crippen LogP contribution in [0.15, 0.2) is 36.4 Å². The van der Waals surface area contributed by atoms with E-state index in [9.17, 15) is 14.0 Å². The van der Waals surface area contributed by atoms with Gasteiger partial charge in [0.05, 0.1) is 32.6 Å². The lowest BCUT2D eigenvalue weighted by Gasteiger charge is -2.12. The summed E-state index contributed by atoms with van der Waals surface area (Å²) in [5, 5.41) is 2.54. The van der Waals surface area contributed by atoms with Gasteiger partial charge in [0.25, 0.3) is 5.91 Å². The number of hydrogen-bond acceptors (Lipinski definition) is 6. The average molecular weight is 363 g/mol. The maximum atomic E-state index is 13.8. The fourth-order valence-corrected chi connectivity index (χ4v) is 2.09. The highest BCUT2D eigenvalue weighted by Gasteiger charge is 2.16. The van der Waals surface area contributed by atoms with Crippen molar-refractivity contribution in [3.8, 4) is 17.2 Å². The third-order valence-corrected chi connectivity index (χ3v) is 3.41. The van der Waals surface area contributed by atoms with Crippen molar-refractivity contribution in [1.82, 2.24) is 0 Å². The van der Waals surface area contributed by atoms with E-state index in [1.807, 2.05) is 0 Å². The molecule has 1 N–H and O–H groups in total. The lowest BCUT2D eigenvalue weighted by Crippen LogP contribution is -2.21. The molecule has 0 spiro atoms. The van der Waals surface area contributed by atoms with Gasteiger partial charge >= 0.3 is 5.97 Å². The van der Waals surface area contributed by atoms with Crippen LogP contribution < -0.4 is 19.5 Å². The summed E-state index contributed by atoms with van der Waals surface area (Å²) in [5.41, 5.74) is 0.0885. The minimum atomic E-state index is -0.956. The zero-order valence-corrected chi connectivity index (χ0v) is 14.5. The summed E-state index contributed by atoms with van der Waals surface area (Å²) in [6.45, 7) is -0.584. The molecule has 0 aliphatic heterocycles. The number of nitrogens with one attached hydrogen (secondary N) is 1. The number of amides is 1. The number of rotatable bonds is 7. The maximum absolute atomic E-state index is 13.8. The molecule has 8 heteroatoms. The number of esters is 1. The van der Waals surface area contributed by atoms with Crippen LogP contribution in [0.1, 0.15) is 10.4 Å². The minimum absolute atomic E-state index is 0.267. The molecule has 2 rings (SSSR count). The number of anilines is 1. The molecule has 0 saturated carbocycles. The van der Waals surface area contributed by atoms with E-state index in [0.717, 1.165) is 6.07 Å². The van der Waals surface area contributed by atoms with E-state index >= 15 is 0 Å². The van der Waals surface area contributed by atoms with Crippen LogP contribution in [0.5, 0.6) is 17.2 Å². The molecule has 0 aliphatic rings. The highest BCUT2D eigenvalue weighted by molar-refractivity contribution is 5.96. The lowest BCUT2D eigenvalue weighted by molar-refractivity contribution is -0.119. The molecule has 0 aliphatic carbocycles. The van der Waals surface area contributed by atoms with Crippen molar-refractivity contribution in [1.29, 1.82) is 0 Å². The second-order valence-electron chi connectivity index (χ2n) is 5.04. The quantitative estimate of drug-likeness (QED) is 0.762. The first-order chi connectivity index (χ1) is 12.5. The van der Waals surface area contributed by atoms with Gasteiger partial charge in [0.15, 0.2) is 6.61 Å². The summed E-state index contributed by atoms with van der Waals surface area (Å²) in [7, 11) is 4.33. The van der Waals surface area contributed by atoms with Gasteiger partial charge in [-0.2, -0.15) is 0 Å². The summed E-state index contributed by atoms with van der Waals surface area (Å²) in [6, 6.07) is 8.51. The average Bonchev–Trinajstić information content (AvgIpc) is 2.66. The molecular formula is C18H18FNO6. The van der Waals surface area contributed by atoms with Crippen molar-refractivity contribution in [3.63, 3.8) is 0 Å². The maximum Gasteiger partial charge on any atom is 0.341 e. The summed E-state index contributed by atoms with van der Waals surface area (Å²) in [5.74, 6) is -1.15. The van der Waals surface area contributed by atoms with Crippen LogP contribution >= 0.6 is 0 Å². The Morgan fingerprint density at radius 2 is 1.62 bits per heavy atom. The van der Waals surface area contributed by atoms with Gasteiger partial charge in [-0.3, -0.25) is 4.79 Å². The van der Waals surface area contributed by atoms with Gasteiger partial charge in [-0.25, -0.2) is 9.18 Å². The number of ether oxygens (including phenoxy) is 4. The molecule has 0 unspecified atom stereocenters. The van der Waals surface area contributed by atoms with Gasteiger partial charge in [0, 0.05) is 12.1 Å². The van der Waals surface area contributed by atoms with Crippen molar-refractivity contribution >= 4 is 17.6 Å². The summed E-state index contributed by atoms with van der Waals surface area (Å²) >= 11 is 0. The van der Waals surface area contributed by atoms with Crippen molar-refractivity contribution in [2.45, 2.75) is 0 Å². The second kappa shape index (κ2) is 8.70. The highest BCUT2D eigenvalue weighted by atomic mass is 19.1. The molecular weight excluding hydrogens is 345 g/mol. The third-order valence-electron chi connectivity index (χ3n) is 3.41. The Labute approximate surface area is 149 Å². The molecule has 2 aromatic carbocycles. The van der Waals surface area contributed by atoms with Gasteiger partial charge < -0.3 is 24.3 Å². The molecule has 0 radical (unpaired) electrons. The molecule has 0 bridgehead atoms. The van der Waals surface area contributed by atoms with E-state index < -0.39 is 24.3 Å². The Bertz CT molecular complexity index is 808. The molecule has 7 nitrogen and oxygen atoms in total. The fourth-order valence-electron chi connectivity index (χ4n) is 2.09. The number of halogens is 1. The Kier molecular flexibility index (Phi) is 6.37. The fraction of sp³-hybridized carbons (Fsp3) is 0.222. The van der Waals surface area contributed by atoms with Crippen LogP contribution in [0.4, 0.5) is 10.1 Å². The van der Waals surface area contributed by atoms with Crippen LogP contribution in [-0.4, -0.2) is 39.8 Å². The van der Waals surface area contributed by atoms with Gasteiger partial charge in [-0.1, -0.05) is 0 Å². The number of benzene rings is 2. The van der Waals surface area contributed by atoms with E-state index in [4.69, 9.17) is 18.9 Å². The first-order valence-electron chi connectivity index (χ1n) is 7.51. The summed E-state index contributed by atoms with van der Waals surface area (Å²) in [6.07, 6.45) is 0.